The van der Waals surface area contributed by atoms with Gasteiger partial charge in [-0.15, -0.1) is 0 Å². The molecule has 1 heterocycles. The third-order valence-electron chi connectivity index (χ3n) is 2.95. The number of benzene rings is 1. The SMILES string of the molecule is Cc1ccc(Nc2nccc(NCCN(C)C)n2)cc1Cl. The van der Waals surface area contributed by atoms with E-state index in [-0.39, 0.29) is 0 Å². The van der Waals surface area contributed by atoms with E-state index in [0.717, 1.165) is 35.2 Å². The number of hydrogen-bond acceptors (Lipinski definition) is 5. The number of likely N-dealkylation sites (N-methyl/N-ethyl adjacent to an activating group) is 1. The number of nitrogens with one attached hydrogen (secondary N) is 2. The van der Waals surface area contributed by atoms with Crippen LogP contribution in [0.3, 0.4) is 0 Å². The Morgan fingerprint density at radius 3 is 2.76 bits per heavy atom. The molecule has 0 bridgehead atoms. The first-order valence-corrected chi connectivity index (χ1v) is 7.17. The zero-order chi connectivity index (χ0) is 15.2. The molecule has 6 heteroatoms. The second kappa shape index (κ2) is 7.24. The molecule has 112 valence electrons. The van der Waals surface area contributed by atoms with Gasteiger partial charge in [-0.25, -0.2) is 4.98 Å². The molecule has 5 nitrogen and oxygen atoms in total. The third kappa shape index (κ3) is 4.88. The van der Waals surface area contributed by atoms with Crippen molar-refractivity contribution in [3.8, 4) is 0 Å². The second-order valence-corrected chi connectivity index (χ2v) is 5.49. The topological polar surface area (TPSA) is 53.1 Å². The summed E-state index contributed by atoms with van der Waals surface area (Å²) in [6.07, 6.45) is 1.73. The zero-order valence-electron chi connectivity index (χ0n) is 12.5. The summed E-state index contributed by atoms with van der Waals surface area (Å²) in [6, 6.07) is 7.63. The molecule has 21 heavy (non-hydrogen) atoms. The Balaban J connectivity index is 2.01. The average Bonchev–Trinajstić information content (AvgIpc) is 2.43. The molecule has 0 unspecified atom stereocenters. The van der Waals surface area contributed by atoms with E-state index in [1.165, 1.54) is 0 Å². The Morgan fingerprint density at radius 1 is 1.24 bits per heavy atom. The van der Waals surface area contributed by atoms with Crippen molar-refractivity contribution < 1.29 is 0 Å². The Bertz CT molecular complexity index is 600. The van der Waals surface area contributed by atoms with Crippen LogP contribution in [0.4, 0.5) is 17.5 Å². The van der Waals surface area contributed by atoms with Gasteiger partial charge in [0.2, 0.25) is 5.95 Å². The maximum atomic E-state index is 6.11. The van der Waals surface area contributed by atoms with Gasteiger partial charge >= 0.3 is 0 Å². The molecular formula is C15H20ClN5. The van der Waals surface area contributed by atoms with Gasteiger partial charge in [0.1, 0.15) is 5.82 Å². The molecule has 0 amide bonds. The minimum absolute atomic E-state index is 0.546. The van der Waals surface area contributed by atoms with Crippen LogP contribution in [0.2, 0.25) is 5.02 Å². The molecule has 0 aliphatic heterocycles. The standard InChI is InChI=1S/C15H20ClN5/c1-11-4-5-12(10-13(11)16)19-15-18-7-6-14(20-15)17-8-9-21(2)3/h4-7,10H,8-9H2,1-3H3,(H2,17,18,19,20). The summed E-state index contributed by atoms with van der Waals surface area (Å²) in [5.74, 6) is 1.34. The number of nitrogens with zero attached hydrogens (tertiary/aromatic N) is 3. The zero-order valence-corrected chi connectivity index (χ0v) is 13.3. The molecule has 0 saturated heterocycles. The quantitative estimate of drug-likeness (QED) is 0.858. The predicted molar refractivity (Wildman–Crippen MR) is 88.5 cm³/mol. The van der Waals surface area contributed by atoms with Crippen LogP contribution in [-0.2, 0) is 0 Å². The summed E-state index contributed by atoms with van der Waals surface area (Å²) in [5, 5.41) is 7.14. The van der Waals surface area contributed by atoms with Crippen molar-refractivity contribution >= 4 is 29.1 Å². The van der Waals surface area contributed by atoms with Crippen LogP contribution in [-0.4, -0.2) is 42.1 Å². The molecule has 0 saturated carbocycles. The maximum Gasteiger partial charge on any atom is 0.229 e. The van der Waals surface area contributed by atoms with E-state index in [1.54, 1.807) is 6.20 Å². The van der Waals surface area contributed by atoms with Crippen LogP contribution in [0.15, 0.2) is 30.5 Å². The van der Waals surface area contributed by atoms with E-state index < -0.39 is 0 Å². The monoisotopic (exact) mass is 305 g/mol. The molecule has 2 aromatic rings. The number of anilines is 3. The Morgan fingerprint density at radius 2 is 2.05 bits per heavy atom. The molecule has 0 aliphatic carbocycles. The first kappa shape index (κ1) is 15.5. The predicted octanol–water partition coefficient (Wildman–Crippen LogP) is 3.16. The van der Waals surface area contributed by atoms with Crippen LogP contribution < -0.4 is 10.6 Å². The Labute approximate surface area is 130 Å². The number of aromatic nitrogens is 2. The van der Waals surface area contributed by atoms with E-state index in [9.17, 15) is 0 Å². The van der Waals surface area contributed by atoms with Gasteiger partial charge in [-0.05, 0) is 44.8 Å². The molecule has 0 atom stereocenters. The van der Waals surface area contributed by atoms with Gasteiger partial charge in [0.25, 0.3) is 0 Å². The highest BCUT2D eigenvalue weighted by Crippen LogP contribution is 2.22. The number of rotatable bonds is 6. The highest BCUT2D eigenvalue weighted by Gasteiger charge is 2.02. The second-order valence-electron chi connectivity index (χ2n) is 5.08. The van der Waals surface area contributed by atoms with Crippen molar-refractivity contribution in [3.05, 3.63) is 41.0 Å². The number of hydrogen-bond donors (Lipinski definition) is 2. The highest BCUT2D eigenvalue weighted by atomic mass is 35.5. The number of aryl methyl sites for hydroxylation is 1. The first-order chi connectivity index (χ1) is 10.0. The fourth-order valence-electron chi connectivity index (χ4n) is 1.72. The molecule has 1 aromatic heterocycles. The molecule has 0 spiro atoms. The molecule has 0 aliphatic rings. The third-order valence-corrected chi connectivity index (χ3v) is 3.36. The summed E-state index contributed by atoms with van der Waals surface area (Å²) < 4.78 is 0. The summed E-state index contributed by atoms with van der Waals surface area (Å²) in [6.45, 7) is 3.75. The molecule has 0 radical (unpaired) electrons. The van der Waals surface area contributed by atoms with Gasteiger partial charge < -0.3 is 15.5 Å². The van der Waals surface area contributed by atoms with E-state index >= 15 is 0 Å². The lowest BCUT2D eigenvalue weighted by Crippen LogP contribution is -2.21. The lowest BCUT2D eigenvalue weighted by molar-refractivity contribution is 0.425. The Kier molecular flexibility index (Phi) is 5.36. The van der Waals surface area contributed by atoms with Gasteiger partial charge in [0.05, 0.1) is 0 Å². The fraction of sp³-hybridized carbons (Fsp3) is 0.333. The fourth-order valence-corrected chi connectivity index (χ4v) is 1.91. The maximum absolute atomic E-state index is 6.11. The summed E-state index contributed by atoms with van der Waals surface area (Å²) in [7, 11) is 4.07. The highest BCUT2D eigenvalue weighted by molar-refractivity contribution is 6.31. The van der Waals surface area contributed by atoms with Crippen molar-refractivity contribution in [1.82, 2.24) is 14.9 Å². The molecule has 2 N–H and O–H groups in total. The summed E-state index contributed by atoms with van der Waals surface area (Å²) in [5.41, 5.74) is 1.92. The van der Waals surface area contributed by atoms with Crippen molar-refractivity contribution in [2.45, 2.75) is 6.92 Å². The molecule has 0 fully saturated rings. The minimum Gasteiger partial charge on any atom is -0.369 e. The van der Waals surface area contributed by atoms with Gasteiger partial charge in [-0.1, -0.05) is 17.7 Å². The normalized spacial score (nSPS) is 10.7. The minimum atomic E-state index is 0.546. The van der Waals surface area contributed by atoms with E-state index in [1.807, 2.05) is 45.3 Å². The van der Waals surface area contributed by atoms with Gasteiger partial charge in [0, 0.05) is 30.0 Å². The first-order valence-electron chi connectivity index (χ1n) is 6.79. The molecule has 1 aromatic carbocycles. The van der Waals surface area contributed by atoms with E-state index in [4.69, 9.17) is 11.6 Å². The van der Waals surface area contributed by atoms with Gasteiger partial charge in [0.15, 0.2) is 0 Å². The average molecular weight is 306 g/mol. The van der Waals surface area contributed by atoms with Crippen LogP contribution in [0.5, 0.6) is 0 Å². The lowest BCUT2D eigenvalue weighted by Gasteiger charge is -2.11. The van der Waals surface area contributed by atoms with Crippen molar-refractivity contribution in [2.24, 2.45) is 0 Å². The summed E-state index contributed by atoms with van der Waals surface area (Å²) in [4.78, 5) is 10.7. The Hall–Kier alpha value is -1.85. The van der Waals surface area contributed by atoms with Gasteiger partial charge in [-0.2, -0.15) is 4.98 Å². The van der Waals surface area contributed by atoms with Crippen molar-refractivity contribution in [2.75, 3.05) is 37.8 Å². The lowest BCUT2D eigenvalue weighted by atomic mass is 10.2. The van der Waals surface area contributed by atoms with Crippen LogP contribution in [0.1, 0.15) is 5.56 Å². The van der Waals surface area contributed by atoms with E-state index in [0.29, 0.717) is 5.95 Å². The van der Waals surface area contributed by atoms with Crippen LogP contribution >= 0.6 is 11.6 Å². The van der Waals surface area contributed by atoms with Crippen molar-refractivity contribution in [3.63, 3.8) is 0 Å². The molecule has 2 rings (SSSR count). The van der Waals surface area contributed by atoms with Crippen molar-refractivity contribution in [1.29, 1.82) is 0 Å². The molecular weight excluding hydrogens is 286 g/mol. The summed E-state index contributed by atoms with van der Waals surface area (Å²) >= 11 is 6.11. The number of halogens is 1. The van der Waals surface area contributed by atoms with Crippen LogP contribution in [0, 0.1) is 6.92 Å². The largest absolute Gasteiger partial charge is 0.369 e. The van der Waals surface area contributed by atoms with E-state index in [2.05, 4.69) is 25.5 Å². The smallest absolute Gasteiger partial charge is 0.229 e. The van der Waals surface area contributed by atoms with Crippen LogP contribution in [0.25, 0.3) is 0 Å². The van der Waals surface area contributed by atoms with Gasteiger partial charge in [-0.3, -0.25) is 0 Å².